The van der Waals surface area contributed by atoms with E-state index < -0.39 is 5.54 Å². The lowest BCUT2D eigenvalue weighted by molar-refractivity contribution is -0.154. The first-order chi connectivity index (χ1) is 8.19. The van der Waals surface area contributed by atoms with Gasteiger partial charge in [0.1, 0.15) is 0 Å². The molecule has 1 atom stereocenters. The highest BCUT2D eigenvalue weighted by atomic mass is 16.5. The van der Waals surface area contributed by atoms with Crippen LogP contribution >= 0.6 is 0 Å². The fourth-order valence-corrected chi connectivity index (χ4v) is 2.13. The summed E-state index contributed by atoms with van der Waals surface area (Å²) in [5.41, 5.74) is 1.14. The van der Waals surface area contributed by atoms with Gasteiger partial charge in [-0.15, -0.1) is 0 Å². The van der Waals surface area contributed by atoms with Gasteiger partial charge < -0.3 is 9.47 Å². The Labute approximate surface area is 101 Å². The highest BCUT2D eigenvalue weighted by Crippen LogP contribution is 2.26. The van der Waals surface area contributed by atoms with Gasteiger partial charge in [0.2, 0.25) is 0 Å². The highest BCUT2D eigenvalue weighted by molar-refractivity contribution is 5.83. The van der Waals surface area contributed by atoms with E-state index in [2.05, 4.69) is 5.32 Å². The van der Waals surface area contributed by atoms with E-state index in [1.807, 2.05) is 31.2 Å². The van der Waals surface area contributed by atoms with Gasteiger partial charge in [0.05, 0.1) is 20.3 Å². The maximum atomic E-state index is 12.0. The summed E-state index contributed by atoms with van der Waals surface area (Å²) < 4.78 is 10.3. The van der Waals surface area contributed by atoms with Gasteiger partial charge >= 0.3 is 5.97 Å². The number of hydrogen-bond acceptors (Lipinski definition) is 4. The molecule has 1 heterocycles. The van der Waals surface area contributed by atoms with Crippen molar-refractivity contribution in [3.05, 3.63) is 35.4 Å². The number of rotatable bonds is 2. The maximum absolute atomic E-state index is 12.0. The van der Waals surface area contributed by atoms with Gasteiger partial charge in [-0.05, 0) is 12.5 Å². The minimum Gasteiger partial charge on any atom is -0.467 e. The van der Waals surface area contributed by atoms with Crippen LogP contribution in [0.15, 0.2) is 24.3 Å². The van der Waals surface area contributed by atoms with Gasteiger partial charge in [0.25, 0.3) is 0 Å². The van der Waals surface area contributed by atoms with Crippen molar-refractivity contribution in [3.63, 3.8) is 0 Å². The number of esters is 1. The van der Waals surface area contributed by atoms with Gasteiger partial charge in [-0.25, -0.2) is 4.79 Å². The standard InChI is InChI=1S/C13H17NO3/c1-10-4-3-5-11(8-10)13(12(15)16-2)9-17-7-6-14-13/h3-5,8,14H,6-7,9H2,1-2H3. The minimum absolute atomic E-state index is 0.303. The fourth-order valence-electron chi connectivity index (χ4n) is 2.13. The van der Waals surface area contributed by atoms with Crippen molar-refractivity contribution in [1.82, 2.24) is 5.32 Å². The fraction of sp³-hybridized carbons (Fsp3) is 0.462. The summed E-state index contributed by atoms with van der Waals surface area (Å²) in [5.74, 6) is -0.303. The molecule has 2 rings (SSSR count). The molecule has 0 saturated carbocycles. The van der Waals surface area contributed by atoms with Crippen molar-refractivity contribution in [2.45, 2.75) is 12.5 Å². The van der Waals surface area contributed by atoms with Crippen LogP contribution in [0.3, 0.4) is 0 Å². The predicted molar refractivity (Wildman–Crippen MR) is 63.7 cm³/mol. The number of methoxy groups -OCH3 is 1. The quantitative estimate of drug-likeness (QED) is 0.776. The Kier molecular flexibility index (Phi) is 3.45. The zero-order valence-corrected chi connectivity index (χ0v) is 10.2. The summed E-state index contributed by atoms with van der Waals surface area (Å²) in [4.78, 5) is 12.0. The number of carbonyl (C=O) groups excluding carboxylic acids is 1. The van der Waals surface area contributed by atoms with Crippen molar-refractivity contribution in [2.75, 3.05) is 26.9 Å². The monoisotopic (exact) mass is 235 g/mol. The van der Waals surface area contributed by atoms with Crippen LogP contribution in [0.5, 0.6) is 0 Å². The Balaban J connectivity index is 2.42. The topological polar surface area (TPSA) is 47.6 Å². The molecule has 1 aromatic carbocycles. The first kappa shape index (κ1) is 12.1. The molecule has 4 heteroatoms. The lowest BCUT2D eigenvalue weighted by Gasteiger charge is -2.35. The van der Waals surface area contributed by atoms with E-state index in [4.69, 9.17) is 9.47 Å². The second kappa shape index (κ2) is 4.85. The van der Waals surface area contributed by atoms with Crippen LogP contribution in [0.4, 0.5) is 0 Å². The Hall–Kier alpha value is -1.39. The third kappa shape index (κ3) is 2.18. The SMILES string of the molecule is COC(=O)C1(c2cccc(C)c2)COCCN1. The van der Waals surface area contributed by atoms with E-state index in [0.717, 1.165) is 11.1 Å². The van der Waals surface area contributed by atoms with E-state index in [9.17, 15) is 4.79 Å². The van der Waals surface area contributed by atoms with Crippen LogP contribution in [0.25, 0.3) is 0 Å². The third-order valence-corrected chi connectivity index (χ3v) is 3.04. The summed E-state index contributed by atoms with van der Waals surface area (Å²) in [6.45, 7) is 3.56. The molecule has 0 aromatic heterocycles. The van der Waals surface area contributed by atoms with Crippen molar-refractivity contribution in [2.24, 2.45) is 0 Å². The minimum atomic E-state index is -0.862. The normalized spacial score (nSPS) is 24.4. The summed E-state index contributed by atoms with van der Waals surface area (Å²) in [5, 5.41) is 3.23. The predicted octanol–water partition coefficient (Wildman–Crippen LogP) is 0.983. The molecule has 1 unspecified atom stereocenters. The zero-order valence-electron chi connectivity index (χ0n) is 10.2. The van der Waals surface area contributed by atoms with E-state index in [0.29, 0.717) is 19.8 Å². The largest absolute Gasteiger partial charge is 0.467 e. The van der Waals surface area contributed by atoms with Crippen molar-refractivity contribution in [1.29, 1.82) is 0 Å². The van der Waals surface area contributed by atoms with E-state index in [1.165, 1.54) is 7.11 Å². The summed E-state index contributed by atoms with van der Waals surface area (Å²) in [6, 6.07) is 7.84. The molecule has 1 fully saturated rings. The molecule has 0 bridgehead atoms. The van der Waals surface area contributed by atoms with Gasteiger partial charge in [0, 0.05) is 6.54 Å². The number of ether oxygens (including phenoxy) is 2. The van der Waals surface area contributed by atoms with E-state index >= 15 is 0 Å². The highest BCUT2D eigenvalue weighted by Gasteiger charge is 2.43. The molecule has 92 valence electrons. The van der Waals surface area contributed by atoms with Crippen LogP contribution in [0.1, 0.15) is 11.1 Å². The molecule has 1 saturated heterocycles. The number of benzene rings is 1. The van der Waals surface area contributed by atoms with E-state index in [-0.39, 0.29) is 5.97 Å². The average Bonchev–Trinajstić information content (AvgIpc) is 2.38. The first-order valence-electron chi connectivity index (χ1n) is 5.67. The molecule has 0 amide bonds. The molecule has 1 aliphatic heterocycles. The Morgan fingerprint density at radius 2 is 2.35 bits per heavy atom. The van der Waals surface area contributed by atoms with Gasteiger partial charge in [-0.3, -0.25) is 5.32 Å². The van der Waals surface area contributed by atoms with Crippen LogP contribution in [-0.2, 0) is 19.8 Å². The Bertz CT molecular complexity index is 411. The Morgan fingerprint density at radius 3 is 2.94 bits per heavy atom. The van der Waals surface area contributed by atoms with Gasteiger partial charge in [0.15, 0.2) is 5.54 Å². The third-order valence-electron chi connectivity index (χ3n) is 3.04. The number of nitrogens with one attached hydrogen (secondary N) is 1. The number of carbonyl (C=O) groups is 1. The molecule has 1 aromatic rings. The molecular formula is C13H17NO3. The second-order valence-corrected chi connectivity index (χ2v) is 4.25. The molecular weight excluding hydrogens is 218 g/mol. The van der Waals surface area contributed by atoms with Crippen molar-refractivity contribution < 1.29 is 14.3 Å². The number of aryl methyl sites for hydroxylation is 1. The molecule has 1 N–H and O–H groups in total. The molecule has 4 nitrogen and oxygen atoms in total. The summed E-state index contributed by atoms with van der Waals surface area (Å²) >= 11 is 0. The summed E-state index contributed by atoms with van der Waals surface area (Å²) in [7, 11) is 1.40. The molecule has 0 aliphatic carbocycles. The number of hydrogen-bond donors (Lipinski definition) is 1. The zero-order chi connectivity index (χ0) is 12.3. The molecule has 1 aliphatic rings. The number of morpholine rings is 1. The first-order valence-corrected chi connectivity index (χ1v) is 5.67. The average molecular weight is 235 g/mol. The van der Waals surface area contributed by atoms with Crippen LogP contribution in [0.2, 0.25) is 0 Å². The molecule has 17 heavy (non-hydrogen) atoms. The lowest BCUT2D eigenvalue weighted by atomic mass is 9.89. The van der Waals surface area contributed by atoms with Crippen molar-refractivity contribution in [3.8, 4) is 0 Å². The van der Waals surface area contributed by atoms with E-state index in [1.54, 1.807) is 0 Å². The maximum Gasteiger partial charge on any atom is 0.333 e. The van der Waals surface area contributed by atoms with Crippen LogP contribution < -0.4 is 5.32 Å². The molecule has 0 spiro atoms. The second-order valence-electron chi connectivity index (χ2n) is 4.25. The van der Waals surface area contributed by atoms with Gasteiger partial charge in [-0.1, -0.05) is 29.8 Å². The van der Waals surface area contributed by atoms with Crippen LogP contribution in [-0.4, -0.2) is 32.8 Å². The molecule has 0 radical (unpaired) electrons. The summed E-state index contributed by atoms with van der Waals surface area (Å²) in [6.07, 6.45) is 0. The van der Waals surface area contributed by atoms with Crippen molar-refractivity contribution >= 4 is 5.97 Å². The smallest absolute Gasteiger partial charge is 0.333 e. The lowest BCUT2D eigenvalue weighted by Crippen LogP contribution is -2.57. The van der Waals surface area contributed by atoms with Gasteiger partial charge in [-0.2, -0.15) is 0 Å². The Morgan fingerprint density at radius 1 is 1.53 bits per heavy atom. The van der Waals surface area contributed by atoms with Crippen LogP contribution in [0, 0.1) is 6.92 Å².